The molecule has 0 spiro atoms. The van der Waals surface area contributed by atoms with Gasteiger partial charge in [0.2, 0.25) is 0 Å². The van der Waals surface area contributed by atoms with Gasteiger partial charge < -0.3 is 36.8 Å². The van der Waals surface area contributed by atoms with E-state index >= 15 is 0 Å². The van der Waals surface area contributed by atoms with Gasteiger partial charge in [0, 0.05) is 6.04 Å². The number of aliphatic carboxylic acids is 3. The summed E-state index contributed by atoms with van der Waals surface area (Å²) in [5.41, 5.74) is 7.16. The Hall–Kier alpha value is -3.47. The minimum atomic E-state index is -1.02. The van der Waals surface area contributed by atoms with Gasteiger partial charge in [-0.2, -0.15) is 0 Å². The van der Waals surface area contributed by atoms with Crippen molar-refractivity contribution in [1.29, 1.82) is 0 Å². The second-order valence-electron chi connectivity index (χ2n) is 8.79. The Kier molecular flexibility index (Phi) is 15.3. The van der Waals surface area contributed by atoms with E-state index in [1.165, 1.54) is 31.4 Å². The van der Waals surface area contributed by atoms with Crippen LogP contribution in [-0.2, 0) is 27.2 Å². The summed E-state index contributed by atoms with van der Waals surface area (Å²) in [4.78, 5) is 31.2. The summed E-state index contributed by atoms with van der Waals surface area (Å²) >= 11 is 0. The molecule has 0 aliphatic heterocycles. The molecule has 2 atom stereocenters. The number of benzene rings is 2. The molecule has 2 aromatic rings. The molecule has 1 aliphatic carbocycles. The van der Waals surface area contributed by atoms with Gasteiger partial charge in [0.15, 0.2) is 0 Å². The molecule has 10 heteroatoms. The predicted octanol–water partition coefficient (Wildman–Crippen LogP) is 2.24. The van der Waals surface area contributed by atoms with Crippen LogP contribution in [0.15, 0.2) is 54.6 Å². The van der Waals surface area contributed by atoms with E-state index in [9.17, 15) is 14.4 Å². The Labute approximate surface area is 217 Å². The van der Waals surface area contributed by atoms with Gasteiger partial charge in [-0.25, -0.2) is 0 Å². The minimum Gasteiger partial charge on any atom is -0.508 e. The fraction of sp³-hybridized carbons (Fsp3) is 0.444. The largest absolute Gasteiger partial charge is 0.508 e. The number of hydrogen-bond acceptors (Lipinski definition) is 7. The van der Waals surface area contributed by atoms with Gasteiger partial charge in [-0.05, 0) is 56.0 Å². The van der Waals surface area contributed by atoms with Crippen molar-refractivity contribution in [2.45, 2.75) is 63.1 Å². The Bertz CT molecular complexity index is 933. The summed E-state index contributed by atoms with van der Waals surface area (Å²) in [6.07, 6.45) is 6.89. The van der Waals surface area contributed by atoms with E-state index in [0.29, 0.717) is 12.5 Å². The molecule has 8 N–H and O–H groups in total. The van der Waals surface area contributed by atoms with E-state index in [1.807, 2.05) is 30.3 Å². The maximum absolute atomic E-state index is 10.7. The van der Waals surface area contributed by atoms with Crippen LogP contribution in [-0.4, -0.2) is 70.1 Å². The van der Waals surface area contributed by atoms with Crippen LogP contribution < -0.4 is 16.4 Å². The van der Waals surface area contributed by atoms with Crippen LogP contribution in [0.4, 0.5) is 0 Å². The molecule has 0 saturated heterocycles. The number of likely N-dealkylation sites (N-methyl/N-ethyl adjacent to an activating group) is 1. The SMILES string of the molecule is CN[C@@H](Cc1ccccc1)C(=O)O.N[C@H](Cc1ccc(O)cc1)C(=O)O.O=C(O)CNC1CCCCC1. The van der Waals surface area contributed by atoms with Crippen LogP contribution in [0.2, 0.25) is 0 Å². The molecule has 3 rings (SSSR count). The maximum atomic E-state index is 10.7. The molecule has 2 aromatic carbocycles. The van der Waals surface area contributed by atoms with E-state index in [4.69, 9.17) is 26.2 Å². The second-order valence-corrected chi connectivity index (χ2v) is 8.79. The molecule has 1 aliphatic rings. The van der Waals surface area contributed by atoms with Crippen LogP contribution in [0.1, 0.15) is 43.2 Å². The van der Waals surface area contributed by atoms with Crippen molar-refractivity contribution in [3.8, 4) is 5.75 Å². The average molecular weight is 518 g/mol. The molecule has 0 bridgehead atoms. The van der Waals surface area contributed by atoms with Gasteiger partial charge in [-0.15, -0.1) is 0 Å². The van der Waals surface area contributed by atoms with Crippen molar-refractivity contribution in [3.05, 3.63) is 65.7 Å². The van der Waals surface area contributed by atoms with E-state index in [2.05, 4.69) is 10.6 Å². The highest BCUT2D eigenvalue weighted by molar-refractivity contribution is 5.74. The molecule has 1 saturated carbocycles. The minimum absolute atomic E-state index is 0.116. The number of phenols is 1. The fourth-order valence-electron chi connectivity index (χ4n) is 3.67. The van der Waals surface area contributed by atoms with Crippen LogP contribution in [0.5, 0.6) is 5.75 Å². The number of nitrogens with one attached hydrogen (secondary N) is 2. The van der Waals surface area contributed by atoms with E-state index < -0.39 is 30.0 Å². The Balaban J connectivity index is 0.000000279. The summed E-state index contributed by atoms with van der Waals surface area (Å²) in [6, 6.07) is 15.0. The van der Waals surface area contributed by atoms with Gasteiger partial charge in [-0.3, -0.25) is 14.4 Å². The zero-order valence-corrected chi connectivity index (χ0v) is 21.2. The topological polar surface area (TPSA) is 182 Å². The molecule has 0 amide bonds. The lowest BCUT2D eigenvalue weighted by atomic mass is 9.96. The third-order valence-electron chi connectivity index (χ3n) is 5.79. The molecule has 0 aromatic heterocycles. The number of aromatic hydroxyl groups is 1. The van der Waals surface area contributed by atoms with Crippen LogP contribution in [0.25, 0.3) is 0 Å². The first kappa shape index (κ1) is 31.6. The molecule has 0 heterocycles. The lowest BCUT2D eigenvalue weighted by Crippen LogP contribution is -2.35. The number of nitrogens with two attached hydrogens (primary N) is 1. The van der Waals surface area contributed by atoms with E-state index in [1.54, 1.807) is 19.2 Å². The van der Waals surface area contributed by atoms with Gasteiger partial charge in [-0.1, -0.05) is 61.7 Å². The molecule has 10 nitrogen and oxygen atoms in total. The molecule has 0 radical (unpaired) electrons. The van der Waals surface area contributed by atoms with Gasteiger partial charge in [0.05, 0.1) is 6.54 Å². The first-order valence-corrected chi connectivity index (χ1v) is 12.3. The van der Waals surface area contributed by atoms with E-state index in [-0.39, 0.29) is 18.7 Å². The lowest BCUT2D eigenvalue weighted by Gasteiger charge is -2.21. The van der Waals surface area contributed by atoms with Crippen LogP contribution >= 0.6 is 0 Å². The second kappa shape index (κ2) is 17.9. The zero-order valence-electron chi connectivity index (χ0n) is 21.2. The van der Waals surface area contributed by atoms with Gasteiger partial charge >= 0.3 is 17.9 Å². The monoisotopic (exact) mass is 517 g/mol. The number of rotatable bonds is 10. The molecule has 0 unspecified atom stereocenters. The number of phenolic OH excluding ortho intramolecular Hbond substituents is 1. The first-order chi connectivity index (χ1) is 17.6. The number of carboxylic acids is 3. The standard InChI is InChI=1S/C10H13NO2.C9H11NO3.C8H15NO2/c1-11-9(10(12)13)7-8-5-3-2-4-6-8;10-8(9(12)13)5-6-1-3-7(11)4-2-6;10-8(11)6-9-7-4-2-1-3-5-7/h2-6,9,11H,7H2,1H3,(H,12,13);1-4,8,11H,5,10H2,(H,12,13);7,9H,1-6H2,(H,10,11)/t9-;8-;/m01./s1. The molecular formula is C27H39N3O7. The predicted molar refractivity (Wildman–Crippen MR) is 141 cm³/mol. The Morgan fingerprint density at radius 1 is 0.865 bits per heavy atom. The summed E-state index contributed by atoms with van der Waals surface area (Å²) in [5.74, 6) is -2.43. The molecule has 37 heavy (non-hydrogen) atoms. The summed E-state index contributed by atoms with van der Waals surface area (Å²) in [5, 5.41) is 40.4. The van der Waals surface area contributed by atoms with E-state index in [0.717, 1.165) is 24.0 Å². The number of hydrogen-bond donors (Lipinski definition) is 7. The highest BCUT2D eigenvalue weighted by atomic mass is 16.4. The maximum Gasteiger partial charge on any atom is 0.321 e. The fourth-order valence-corrected chi connectivity index (χ4v) is 3.67. The molecule has 1 fully saturated rings. The quantitative estimate of drug-likeness (QED) is 0.247. The zero-order chi connectivity index (χ0) is 27.6. The normalized spacial score (nSPS) is 14.6. The average Bonchev–Trinajstić information content (AvgIpc) is 2.89. The smallest absolute Gasteiger partial charge is 0.321 e. The number of carbonyl (C=O) groups is 3. The van der Waals surface area contributed by atoms with Crippen molar-refractivity contribution in [2.24, 2.45) is 5.73 Å². The highest BCUT2D eigenvalue weighted by Gasteiger charge is 2.15. The highest BCUT2D eigenvalue weighted by Crippen LogP contribution is 2.17. The van der Waals surface area contributed by atoms with Crippen molar-refractivity contribution in [1.82, 2.24) is 10.6 Å². The molecular weight excluding hydrogens is 478 g/mol. The summed E-state index contributed by atoms with van der Waals surface area (Å²) < 4.78 is 0. The Morgan fingerprint density at radius 3 is 1.92 bits per heavy atom. The Morgan fingerprint density at radius 2 is 1.43 bits per heavy atom. The first-order valence-electron chi connectivity index (χ1n) is 12.3. The van der Waals surface area contributed by atoms with Gasteiger partial charge in [0.1, 0.15) is 17.8 Å². The van der Waals surface area contributed by atoms with Crippen molar-refractivity contribution >= 4 is 17.9 Å². The molecule has 204 valence electrons. The third-order valence-corrected chi connectivity index (χ3v) is 5.79. The summed E-state index contributed by atoms with van der Waals surface area (Å²) in [7, 11) is 1.65. The lowest BCUT2D eigenvalue weighted by molar-refractivity contribution is -0.139. The van der Waals surface area contributed by atoms with Crippen LogP contribution in [0, 0.1) is 0 Å². The van der Waals surface area contributed by atoms with Crippen molar-refractivity contribution in [3.63, 3.8) is 0 Å². The van der Waals surface area contributed by atoms with Crippen LogP contribution in [0.3, 0.4) is 0 Å². The summed E-state index contributed by atoms with van der Waals surface area (Å²) in [6.45, 7) is 0.116. The third kappa shape index (κ3) is 14.6. The van der Waals surface area contributed by atoms with Crippen molar-refractivity contribution in [2.75, 3.05) is 13.6 Å². The van der Waals surface area contributed by atoms with Gasteiger partial charge in [0.25, 0.3) is 0 Å². The number of carboxylic acid groups (broad SMARTS) is 3. The van der Waals surface area contributed by atoms with Crippen molar-refractivity contribution < 1.29 is 34.8 Å².